The SMILES string of the molecule is CC(=O)N(Cc1ccc(Cl)cc1)[C@@H](C)C(=O)NCc1ccc(Cl)cc1Cl. The molecule has 2 amide bonds. The summed E-state index contributed by atoms with van der Waals surface area (Å²) in [6.07, 6.45) is 0. The maximum absolute atomic E-state index is 12.5. The van der Waals surface area contributed by atoms with Crippen LogP contribution in [0.3, 0.4) is 0 Å². The van der Waals surface area contributed by atoms with Crippen LogP contribution in [0, 0.1) is 0 Å². The van der Waals surface area contributed by atoms with Crippen LogP contribution in [0.15, 0.2) is 42.5 Å². The molecule has 2 rings (SSSR count). The number of amides is 2. The zero-order chi connectivity index (χ0) is 19.3. The van der Waals surface area contributed by atoms with E-state index in [0.717, 1.165) is 11.1 Å². The smallest absolute Gasteiger partial charge is 0.242 e. The molecule has 1 atom stereocenters. The Labute approximate surface area is 168 Å². The van der Waals surface area contributed by atoms with Crippen molar-refractivity contribution < 1.29 is 9.59 Å². The first-order chi connectivity index (χ1) is 12.3. The fourth-order valence-electron chi connectivity index (χ4n) is 2.44. The fraction of sp³-hybridized carbons (Fsp3) is 0.263. The molecule has 4 nitrogen and oxygen atoms in total. The number of halogens is 3. The number of hydrogen-bond donors (Lipinski definition) is 1. The third kappa shape index (κ3) is 5.63. The third-order valence-corrected chi connectivity index (χ3v) is 4.82. The van der Waals surface area contributed by atoms with Crippen molar-refractivity contribution in [2.75, 3.05) is 0 Å². The largest absolute Gasteiger partial charge is 0.350 e. The Morgan fingerprint density at radius 2 is 1.65 bits per heavy atom. The van der Waals surface area contributed by atoms with E-state index in [2.05, 4.69) is 5.32 Å². The Kier molecular flexibility index (Phi) is 7.33. The number of hydrogen-bond acceptors (Lipinski definition) is 2. The molecule has 0 aliphatic heterocycles. The number of benzene rings is 2. The normalized spacial score (nSPS) is 11.7. The van der Waals surface area contributed by atoms with E-state index in [0.29, 0.717) is 21.6 Å². The summed E-state index contributed by atoms with van der Waals surface area (Å²) in [7, 11) is 0. The van der Waals surface area contributed by atoms with Gasteiger partial charge >= 0.3 is 0 Å². The summed E-state index contributed by atoms with van der Waals surface area (Å²) in [5, 5.41) is 4.44. The van der Waals surface area contributed by atoms with Crippen LogP contribution in [0.25, 0.3) is 0 Å². The van der Waals surface area contributed by atoms with Crippen LogP contribution in [0.1, 0.15) is 25.0 Å². The zero-order valence-electron chi connectivity index (χ0n) is 14.4. The van der Waals surface area contributed by atoms with E-state index in [-0.39, 0.29) is 18.4 Å². The van der Waals surface area contributed by atoms with Crippen LogP contribution in [0.4, 0.5) is 0 Å². The molecule has 1 N–H and O–H groups in total. The lowest BCUT2D eigenvalue weighted by Crippen LogP contribution is -2.46. The minimum absolute atomic E-state index is 0.188. The molecule has 0 bridgehead atoms. The predicted molar refractivity (Wildman–Crippen MR) is 105 cm³/mol. The van der Waals surface area contributed by atoms with Gasteiger partial charge in [-0.15, -0.1) is 0 Å². The Morgan fingerprint density at radius 1 is 1.04 bits per heavy atom. The summed E-state index contributed by atoms with van der Waals surface area (Å²) >= 11 is 17.9. The molecule has 0 aromatic heterocycles. The lowest BCUT2D eigenvalue weighted by atomic mass is 10.1. The van der Waals surface area contributed by atoms with E-state index in [1.807, 2.05) is 12.1 Å². The van der Waals surface area contributed by atoms with Crippen LogP contribution in [-0.4, -0.2) is 22.8 Å². The molecular weight excluding hydrogens is 395 g/mol. The second-order valence-electron chi connectivity index (χ2n) is 5.90. The summed E-state index contributed by atoms with van der Waals surface area (Å²) in [5.74, 6) is -0.452. The van der Waals surface area contributed by atoms with Gasteiger partial charge in [0.25, 0.3) is 0 Å². The van der Waals surface area contributed by atoms with Gasteiger partial charge in [0.2, 0.25) is 11.8 Å². The molecule has 0 unspecified atom stereocenters. The van der Waals surface area contributed by atoms with Gasteiger partial charge in [0.15, 0.2) is 0 Å². The number of nitrogens with one attached hydrogen (secondary N) is 1. The van der Waals surface area contributed by atoms with Crippen molar-refractivity contribution >= 4 is 46.6 Å². The van der Waals surface area contributed by atoms with Crippen molar-refractivity contribution in [2.24, 2.45) is 0 Å². The molecule has 0 aliphatic carbocycles. The van der Waals surface area contributed by atoms with Gasteiger partial charge in [-0.05, 0) is 42.3 Å². The van der Waals surface area contributed by atoms with E-state index < -0.39 is 6.04 Å². The highest BCUT2D eigenvalue weighted by molar-refractivity contribution is 6.35. The van der Waals surface area contributed by atoms with Gasteiger partial charge in [0, 0.05) is 35.1 Å². The number of carbonyl (C=O) groups excluding carboxylic acids is 2. The number of carbonyl (C=O) groups is 2. The zero-order valence-corrected chi connectivity index (χ0v) is 16.7. The molecule has 0 radical (unpaired) electrons. The van der Waals surface area contributed by atoms with Crippen molar-refractivity contribution in [1.82, 2.24) is 10.2 Å². The standard InChI is InChI=1S/C19H19Cl3N2O2/c1-12(19(26)23-10-15-5-8-17(21)9-18(15)22)24(13(2)25)11-14-3-6-16(20)7-4-14/h3-9,12H,10-11H2,1-2H3,(H,23,26)/t12-/m0/s1. The lowest BCUT2D eigenvalue weighted by molar-refractivity contribution is -0.139. The highest BCUT2D eigenvalue weighted by atomic mass is 35.5. The molecule has 0 spiro atoms. The summed E-state index contributed by atoms with van der Waals surface area (Å²) in [5.41, 5.74) is 1.65. The minimum atomic E-state index is -0.630. The monoisotopic (exact) mass is 412 g/mol. The van der Waals surface area contributed by atoms with E-state index in [9.17, 15) is 9.59 Å². The Morgan fingerprint density at radius 3 is 2.23 bits per heavy atom. The first kappa shape index (κ1) is 20.6. The quantitative estimate of drug-likeness (QED) is 0.746. The van der Waals surface area contributed by atoms with Gasteiger partial charge in [0.05, 0.1) is 0 Å². The lowest BCUT2D eigenvalue weighted by Gasteiger charge is -2.27. The minimum Gasteiger partial charge on any atom is -0.350 e. The Bertz CT molecular complexity index is 794. The topological polar surface area (TPSA) is 49.4 Å². The molecule has 0 fully saturated rings. The van der Waals surface area contributed by atoms with Crippen molar-refractivity contribution in [3.8, 4) is 0 Å². The van der Waals surface area contributed by atoms with Crippen molar-refractivity contribution in [3.05, 3.63) is 68.7 Å². The van der Waals surface area contributed by atoms with Crippen LogP contribution in [-0.2, 0) is 22.7 Å². The summed E-state index contributed by atoms with van der Waals surface area (Å²) in [4.78, 5) is 26.0. The summed E-state index contributed by atoms with van der Waals surface area (Å²) in [6, 6.07) is 11.6. The van der Waals surface area contributed by atoms with Crippen molar-refractivity contribution in [1.29, 1.82) is 0 Å². The molecule has 0 aliphatic rings. The average Bonchev–Trinajstić information content (AvgIpc) is 2.59. The maximum atomic E-state index is 12.5. The third-order valence-electron chi connectivity index (χ3n) is 3.99. The highest BCUT2D eigenvalue weighted by Gasteiger charge is 2.23. The molecule has 0 saturated carbocycles. The maximum Gasteiger partial charge on any atom is 0.242 e. The van der Waals surface area contributed by atoms with Gasteiger partial charge in [-0.25, -0.2) is 0 Å². The molecule has 0 saturated heterocycles. The van der Waals surface area contributed by atoms with E-state index in [1.54, 1.807) is 37.3 Å². The molecule has 138 valence electrons. The molecule has 2 aromatic carbocycles. The highest BCUT2D eigenvalue weighted by Crippen LogP contribution is 2.21. The second-order valence-corrected chi connectivity index (χ2v) is 7.18. The summed E-state index contributed by atoms with van der Waals surface area (Å²) in [6.45, 7) is 3.71. The first-order valence-electron chi connectivity index (χ1n) is 8.01. The predicted octanol–water partition coefficient (Wildman–Crippen LogP) is 4.70. The van der Waals surface area contributed by atoms with Crippen LogP contribution >= 0.6 is 34.8 Å². The van der Waals surface area contributed by atoms with Crippen LogP contribution in [0.2, 0.25) is 15.1 Å². The second kappa shape index (κ2) is 9.26. The Hall–Kier alpha value is -1.75. The van der Waals surface area contributed by atoms with Gasteiger partial charge in [-0.1, -0.05) is 53.0 Å². The number of rotatable bonds is 6. The van der Waals surface area contributed by atoms with Crippen molar-refractivity contribution in [2.45, 2.75) is 33.0 Å². The van der Waals surface area contributed by atoms with Gasteiger partial charge in [-0.3, -0.25) is 9.59 Å². The fourth-order valence-corrected chi connectivity index (χ4v) is 3.05. The average molecular weight is 414 g/mol. The summed E-state index contributed by atoms with van der Waals surface area (Å²) < 4.78 is 0. The van der Waals surface area contributed by atoms with E-state index in [1.165, 1.54) is 11.8 Å². The van der Waals surface area contributed by atoms with Gasteiger partial charge in [0.1, 0.15) is 6.04 Å². The molecular formula is C19H19Cl3N2O2. The van der Waals surface area contributed by atoms with E-state index in [4.69, 9.17) is 34.8 Å². The Balaban J connectivity index is 2.02. The van der Waals surface area contributed by atoms with Crippen LogP contribution in [0.5, 0.6) is 0 Å². The number of nitrogens with zero attached hydrogens (tertiary/aromatic N) is 1. The van der Waals surface area contributed by atoms with Gasteiger partial charge < -0.3 is 10.2 Å². The van der Waals surface area contributed by atoms with Crippen LogP contribution < -0.4 is 5.32 Å². The molecule has 2 aromatic rings. The molecule has 7 heteroatoms. The van der Waals surface area contributed by atoms with E-state index >= 15 is 0 Å². The first-order valence-corrected chi connectivity index (χ1v) is 9.14. The van der Waals surface area contributed by atoms with Gasteiger partial charge in [-0.2, -0.15) is 0 Å². The van der Waals surface area contributed by atoms with Crippen molar-refractivity contribution in [3.63, 3.8) is 0 Å². The molecule has 26 heavy (non-hydrogen) atoms. The molecule has 0 heterocycles.